The zero-order valence-electron chi connectivity index (χ0n) is 30.7. The molecule has 1 aliphatic heterocycles. The van der Waals surface area contributed by atoms with Crippen molar-refractivity contribution in [2.75, 3.05) is 39.4 Å². The number of aliphatic hydroxyl groups is 2. The molecule has 2 rings (SSSR count). The van der Waals surface area contributed by atoms with Gasteiger partial charge in [0.15, 0.2) is 0 Å². The maximum absolute atomic E-state index is 13.0. The Balaban J connectivity index is 1.64. The third-order valence-corrected chi connectivity index (χ3v) is 8.42. The Morgan fingerprint density at radius 2 is 1.49 bits per heavy atom. The summed E-state index contributed by atoms with van der Waals surface area (Å²) in [6.07, 6.45) is 33.7. The normalized spacial score (nSPS) is 14.6. The molecule has 51 heavy (non-hydrogen) atoms. The topological polar surface area (TPSA) is 141 Å². The second-order valence-electron chi connectivity index (χ2n) is 12.7. The number of likely N-dealkylation sites (tertiary alicyclic amines) is 1. The lowest BCUT2D eigenvalue weighted by atomic mass is 10.1. The number of pyridine rings is 1. The summed E-state index contributed by atoms with van der Waals surface area (Å²) >= 11 is 0. The minimum Gasteiger partial charge on any atom is -0.456 e. The zero-order valence-corrected chi connectivity index (χ0v) is 30.7. The first-order valence-electron chi connectivity index (χ1n) is 18.9. The Morgan fingerprint density at radius 3 is 2.08 bits per heavy atom. The van der Waals surface area contributed by atoms with E-state index in [2.05, 4.69) is 88.2 Å². The van der Waals surface area contributed by atoms with Crippen LogP contribution in [0.1, 0.15) is 106 Å². The Hall–Kier alpha value is -3.86. The Morgan fingerprint density at radius 1 is 0.863 bits per heavy atom. The molecule has 0 aromatic carbocycles. The second-order valence-corrected chi connectivity index (χ2v) is 12.7. The molecule has 4 N–H and O–H groups in total. The Labute approximate surface area is 305 Å². The highest BCUT2D eigenvalue weighted by atomic mass is 16.6. The van der Waals surface area contributed by atoms with Gasteiger partial charge in [-0.05, 0) is 102 Å². The standard InChI is InChI=1S/C41H62N4O6/c1-2-3-4-5-6-7-8-9-10-11-12-13-14-15-16-17-18-24-39(48)42-28-20-19-23-38(41(50)51-37(33-46)34-47)44-40(49)35-25-26-36(43-32-35)27-31-45-29-21-22-30-45/h3-4,6-7,9-10,12-13,15-16,25-26,32,37-38,46-47H,2,5,8,11,14,17-24,27-31,33-34H2,1H3,(H,42,48)(H,44,49)/t38-/m0/s1. The van der Waals surface area contributed by atoms with Crippen LogP contribution < -0.4 is 10.6 Å². The van der Waals surface area contributed by atoms with Crippen LogP contribution >= 0.6 is 0 Å². The van der Waals surface area contributed by atoms with Crippen LogP contribution in [0.15, 0.2) is 79.1 Å². The summed E-state index contributed by atoms with van der Waals surface area (Å²) in [6, 6.07) is 2.55. The highest BCUT2D eigenvalue weighted by molar-refractivity contribution is 5.96. The van der Waals surface area contributed by atoms with Crippen LogP contribution in [0.4, 0.5) is 0 Å². The number of rotatable bonds is 27. The molecule has 10 nitrogen and oxygen atoms in total. The van der Waals surface area contributed by atoms with E-state index < -0.39 is 37.2 Å². The van der Waals surface area contributed by atoms with E-state index in [9.17, 15) is 24.6 Å². The summed E-state index contributed by atoms with van der Waals surface area (Å²) in [5.74, 6) is -1.21. The predicted molar refractivity (Wildman–Crippen MR) is 204 cm³/mol. The number of hydrogen-bond donors (Lipinski definition) is 4. The van der Waals surface area contributed by atoms with Crippen LogP contribution in [0.5, 0.6) is 0 Å². The number of allylic oxidation sites excluding steroid dienone is 10. The van der Waals surface area contributed by atoms with Gasteiger partial charge < -0.3 is 30.5 Å². The molecule has 1 aromatic rings. The molecular formula is C41H62N4O6. The van der Waals surface area contributed by atoms with Crippen molar-refractivity contribution in [1.29, 1.82) is 0 Å². The van der Waals surface area contributed by atoms with E-state index in [-0.39, 0.29) is 12.3 Å². The first-order chi connectivity index (χ1) is 25.0. The average molecular weight is 707 g/mol. The quantitative estimate of drug-likeness (QED) is 0.0502. The molecule has 1 aliphatic rings. The molecule has 1 atom stereocenters. The molecule has 1 aromatic heterocycles. The average Bonchev–Trinajstić information content (AvgIpc) is 3.67. The smallest absolute Gasteiger partial charge is 0.329 e. The van der Waals surface area contributed by atoms with Crippen molar-refractivity contribution in [1.82, 2.24) is 20.5 Å². The lowest BCUT2D eigenvalue weighted by molar-refractivity contribution is -0.156. The predicted octanol–water partition coefficient (Wildman–Crippen LogP) is 5.92. The van der Waals surface area contributed by atoms with Crippen molar-refractivity contribution in [2.45, 2.75) is 109 Å². The summed E-state index contributed by atoms with van der Waals surface area (Å²) < 4.78 is 5.21. The van der Waals surface area contributed by atoms with Gasteiger partial charge in [0.1, 0.15) is 12.1 Å². The van der Waals surface area contributed by atoms with Crippen LogP contribution in [0.2, 0.25) is 0 Å². The maximum atomic E-state index is 13.0. The molecule has 0 aliphatic carbocycles. The van der Waals surface area contributed by atoms with Gasteiger partial charge in [-0.15, -0.1) is 0 Å². The van der Waals surface area contributed by atoms with Crippen LogP contribution in [0.3, 0.4) is 0 Å². The number of nitrogens with zero attached hydrogens (tertiary/aromatic N) is 2. The van der Waals surface area contributed by atoms with E-state index in [4.69, 9.17) is 4.74 Å². The number of aliphatic hydroxyl groups excluding tert-OH is 2. The molecular weight excluding hydrogens is 644 g/mol. The number of ether oxygens (including phenoxy) is 1. The summed E-state index contributed by atoms with van der Waals surface area (Å²) in [4.78, 5) is 45.0. The SMILES string of the molecule is CCC=CCC=CCC=CCC=CCC=CCCCC(=O)NCCCC[C@H](NC(=O)c1ccc(CCN2CCCC2)nc1)C(=O)OC(CO)CO. The molecule has 0 radical (unpaired) electrons. The van der Waals surface area contributed by atoms with E-state index in [1.54, 1.807) is 6.07 Å². The van der Waals surface area contributed by atoms with E-state index in [1.807, 2.05) is 6.07 Å². The lowest BCUT2D eigenvalue weighted by Crippen LogP contribution is -2.44. The molecule has 0 bridgehead atoms. The first-order valence-corrected chi connectivity index (χ1v) is 18.9. The summed E-state index contributed by atoms with van der Waals surface area (Å²) in [5, 5.41) is 24.4. The number of carbonyl (C=O) groups is 3. The molecule has 0 saturated carbocycles. The van der Waals surface area contributed by atoms with Crippen LogP contribution in [-0.2, 0) is 20.7 Å². The van der Waals surface area contributed by atoms with Crippen molar-refractivity contribution in [2.24, 2.45) is 0 Å². The van der Waals surface area contributed by atoms with Gasteiger partial charge in [-0.1, -0.05) is 67.7 Å². The highest BCUT2D eigenvalue weighted by Crippen LogP contribution is 2.11. The fourth-order valence-corrected chi connectivity index (χ4v) is 5.39. The van der Waals surface area contributed by atoms with E-state index in [0.29, 0.717) is 31.4 Å². The van der Waals surface area contributed by atoms with Crippen molar-refractivity contribution in [3.8, 4) is 0 Å². The largest absolute Gasteiger partial charge is 0.456 e. The third-order valence-electron chi connectivity index (χ3n) is 8.42. The number of nitrogens with one attached hydrogen (secondary N) is 2. The highest BCUT2D eigenvalue weighted by Gasteiger charge is 2.25. The van der Waals surface area contributed by atoms with Crippen LogP contribution in [0, 0.1) is 0 Å². The van der Waals surface area contributed by atoms with Crippen molar-refractivity contribution in [3.63, 3.8) is 0 Å². The number of hydrogen-bond acceptors (Lipinski definition) is 8. The fraction of sp³-hybridized carbons (Fsp3) is 0.561. The summed E-state index contributed by atoms with van der Waals surface area (Å²) in [5.41, 5.74) is 1.23. The van der Waals surface area contributed by atoms with Gasteiger partial charge in [-0.2, -0.15) is 0 Å². The molecule has 0 unspecified atom stereocenters. The first kappa shape index (κ1) is 43.3. The Kier molecular flexibility index (Phi) is 24.5. The monoisotopic (exact) mass is 706 g/mol. The number of esters is 1. The van der Waals surface area contributed by atoms with Crippen LogP contribution in [-0.4, -0.2) is 89.4 Å². The van der Waals surface area contributed by atoms with Gasteiger partial charge in [0.2, 0.25) is 5.91 Å². The fourth-order valence-electron chi connectivity index (χ4n) is 5.39. The zero-order chi connectivity index (χ0) is 36.8. The van der Waals surface area contributed by atoms with Crippen molar-refractivity contribution >= 4 is 17.8 Å². The van der Waals surface area contributed by atoms with Gasteiger partial charge in [0.05, 0.1) is 18.8 Å². The molecule has 0 spiro atoms. The minimum absolute atomic E-state index is 0.0169. The Bertz CT molecular complexity index is 1250. The molecule has 2 amide bonds. The van der Waals surface area contributed by atoms with Gasteiger partial charge in [-0.3, -0.25) is 14.6 Å². The number of carbonyl (C=O) groups excluding carboxylic acids is 3. The van der Waals surface area contributed by atoms with Gasteiger partial charge in [0.25, 0.3) is 5.91 Å². The number of unbranched alkanes of at least 4 members (excludes halogenated alkanes) is 2. The van der Waals surface area contributed by atoms with E-state index >= 15 is 0 Å². The maximum Gasteiger partial charge on any atom is 0.329 e. The summed E-state index contributed by atoms with van der Waals surface area (Å²) in [7, 11) is 0. The minimum atomic E-state index is -1.07. The van der Waals surface area contributed by atoms with Crippen LogP contribution in [0.25, 0.3) is 0 Å². The summed E-state index contributed by atoms with van der Waals surface area (Å²) in [6.45, 7) is 4.70. The van der Waals surface area contributed by atoms with E-state index in [1.165, 1.54) is 19.0 Å². The van der Waals surface area contributed by atoms with Gasteiger partial charge in [-0.25, -0.2) is 4.79 Å². The molecule has 1 fully saturated rings. The number of amides is 2. The molecule has 2 heterocycles. The molecule has 10 heteroatoms. The number of aromatic nitrogens is 1. The van der Waals surface area contributed by atoms with Gasteiger partial charge >= 0.3 is 5.97 Å². The van der Waals surface area contributed by atoms with Crippen molar-refractivity contribution in [3.05, 3.63) is 90.3 Å². The molecule has 282 valence electrons. The van der Waals surface area contributed by atoms with Gasteiger partial charge in [0, 0.05) is 37.8 Å². The lowest BCUT2D eigenvalue weighted by Gasteiger charge is -2.21. The third kappa shape index (κ3) is 21.2. The second kappa shape index (κ2) is 28.8. The van der Waals surface area contributed by atoms with E-state index in [0.717, 1.165) is 76.7 Å². The molecule has 1 saturated heterocycles. The van der Waals surface area contributed by atoms with Crippen molar-refractivity contribution < 1.29 is 29.3 Å².